The van der Waals surface area contributed by atoms with E-state index < -0.39 is 0 Å². The van der Waals surface area contributed by atoms with Gasteiger partial charge in [-0.25, -0.2) is 0 Å². The highest BCUT2D eigenvalue weighted by atomic mass is 35.5. The molecule has 92 valence electrons. The number of thiophene rings is 1. The molecule has 0 radical (unpaired) electrons. The molecule has 4 heteroatoms. The van der Waals surface area contributed by atoms with Gasteiger partial charge >= 0.3 is 0 Å². The van der Waals surface area contributed by atoms with E-state index in [2.05, 4.69) is 0 Å². The molecule has 1 aromatic heterocycles. The minimum absolute atomic E-state index is 0.0383. The van der Waals surface area contributed by atoms with Crippen LogP contribution in [0.25, 0.3) is 10.1 Å². The van der Waals surface area contributed by atoms with Gasteiger partial charge in [0.05, 0.1) is 5.88 Å². The fourth-order valence-electron chi connectivity index (χ4n) is 1.45. The number of fused-ring (bicyclic) bond motifs is 1. The van der Waals surface area contributed by atoms with Crippen molar-refractivity contribution in [2.45, 2.75) is 20.3 Å². The maximum Gasteiger partial charge on any atom is 0.152 e. The number of hydrogen-bond acceptors (Lipinski definition) is 2. The fourth-order valence-corrected chi connectivity index (χ4v) is 2.66. The van der Waals surface area contributed by atoms with Crippen molar-refractivity contribution in [3.63, 3.8) is 0 Å². The molecule has 1 heterocycles. The van der Waals surface area contributed by atoms with Gasteiger partial charge in [0.2, 0.25) is 0 Å². The summed E-state index contributed by atoms with van der Waals surface area (Å²) in [5.41, 5.74) is 1.02. The molecule has 1 aromatic carbocycles. The Morgan fingerprint density at radius 1 is 1.35 bits per heavy atom. The number of carbonyl (C=O) groups excluding carboxylic acids is 1. The molecule has 0 unspecified atom stereocenters. The van der Waals surface area contributed by atoms with E-state index in [1.54, 1.807) is 11.3 Å². The topological polar surface area (TPSA) is 17.1 Å². The molecule has 1 nitrogen and oxygen atoms in total. The van der Waals surface area contributed by atoms with Gasteiger partial charge in [-0.2, -0.15) is 0 Å². The first-order valence-electron chi connectivity index (χ1n) is 5.44. The third kappa shape index (κ3) is 3.70. The number of alkyl halides is 1. The second-order valence-electron chi connectivity index (χ2n) is 3.25. The van der Waals surface area contributed by atoms with Crippen LogP contribution in [-0.2, 0) is 11.2 Å². The molecule has 0 bridgehead atoms. The molecule has 2 rings (SSSR count). The van der Waals surface area contributed by atoms with Crippen LogP contribution in [-0.4, -0.2) is 11.7 Å². The molecule has 0 aliphatic heterocycles. The van der Waals surface area contributed by atoms with Crippen molar-refractivity contribution in [3.8, 4) is 0 Å². The molecule has 0 N–H and O–H groups in total. The number of carbonyl (C=O) groups is 1. The molecule has 0 amide bonds. The quantitative estimate of drug-likeness (QED) is 0.732. The van der Waals surface area contributed by atoms with Gasteiger partial charge in [-0.05, 0) is 34.5 Å². The molecule has 0 fully saturated rings. The third-order valence-electron chi connectivity index (χ3n) is 2.15. The highest BCUT2D eigenvalue weighted by Gasteiger charge is 2.08. The second kappa shape index (κ2) is 7.00. The Morgan fingerprint density at radius 3 is 2.71 bits per heavy atom. The molecule has 17 heavy (non-hydrogen) atoms. The first-order valence-corrected chi connectivity index (χ1v) is 7.23. The van der Waals surface area contributed by atoms with Gasteiger partial charge in [0.1, 0.15) is 0 Å². The SMILES string of the molecule is CC.O=C(CCl)Cc1csc2ccc(Cl)cc12. The maximum atomic E-state index is 11.2. The maximum absolute atomic E-state index is 11.2. The van der Waals surface area contributed by atoms with E-state index in [1.807, 2.05) is 37.4 Å². The van der Waals surface area contributed by atoms with Gasteiger partial charge in [-0.15, -0.1) is 22.9 Å². The summed E-state index contributed by atoms with van der Waals surface area (Å²) in [5, 5.41) is 3.75. The largest absolute Gasteiger partial charge is 0.298 e. The summed E-state index contributed by atoms with van der Waals surface area (Å²) in [5.74, 6) is 0.106. The first kappa shape index (κ1) is 14.5. The minimum atomic E-state index is 0.0383. The van der Waals surface area contributed by atoms with E-state index in [0.717, 1.165) is 15.6 Å². The molecule has 0 aliphatic rings. The monoisotopic (exact) mass is 288 g/mol. The van der Waals surface area contributed by atoms with Crippen molar-refractivity contribution in [2.75, 3.05) is 5.88 Å². The highest BCUT2D eigenvalue weighted by Crippen LogP contribution is 2.29. The van der Waals surface area contributed by atoms with Gasteiger partial charge in [-0.1, -0.05) is 25.4 Å². The zero-order chi connectivity index (χ0) is 12.8. The van der Waals surface area contributed by atoms with Crippen molar-refractivity contribution in [1.82, 2.24) is 0 Å². The van der Waals surface area contributed by atoms with Crippen molar-refractivity contribution < 1.29 is 4.79 Å². The molecule has 0 aliphatic carbocycles. The molecule has 0 spiro atoms. The number of halogens is 2. The molecular formula is C13H14Cl2OS. The van der Waals surface area contributed by atoms with E-state index in [9.17, 15) is 4.79 Å². The van der Waals surface area contributed by atoms with Crippen molar-refractivity contribution in [3.05, 3.63) is 34.2 Å². The van der Waals surface area contributed by atoms with Gasteiger partial charge in [0, 0.05) is 16.1 Å². The zero-order valence-electron chi connectivity index (χ0n) is 9.80. The summed E-state index contributed by atoms with van der Waals surface area (Å²) in [6.45, 7) is 4.00. The van der Waals surface area contributed by atoms with Crippen LogP contribution < -0.4 is 0 Å². The number of hydrogen-bond donors (Lipinski definition) is 0. The Kier molecular flexibility index (Phi) is 5.96. The minimum Gasteiger partial charge on any atom is -0.298 e. The lowest BCUT2D eigenvalue weighted by atomic mass is 10.1. The summed E-state index contributed by atoms with van der Waals surface area (Å²) < 4.78 is 1.15. The predicted octanol–water partition coefficient (Wildman–Crippen LogP) is 4.93. The lowest BCUT2D eigenvalue weighted by molar-refractivity contribution is -0.116. The van der Waals surface area contributed by atoms with E-state index >= 15 is 0 Å². The Morgan fingerprint density at radius 2 is 2.06 bits per heavy atom. The lowest BCUT2D eigenvalue weighted by Crippen LogP contribution is -2.02. The molecule has 0 saturated heterocycles. The second-order valence-corrected chi connectivity index (χ2v) is 4.87. The Bertz CT molecular complexity index is 505. The molecule has 0 saturated carbocycles. The van der Waals surface area contributed by atoms with Crippen LogP contribution in [0.2, 0.25) is 5.02 Å². The molecule has 0 atom stereocenters. The summed E-state index contributed by atoms with van der Waals surface area (Å²) in [4.78, 5) is 11.2. The van der Waals surface area contributed by atoms with Gasteiger partial charge < -0.3 is 0 Å². The number of ketones is 1. The summed E-state index contributed by atoms with van der Waals surface area (Å²) in [7, 11) is 0. The van der Waals surface area contributed by atoms with E-state index in [0.29, 0.717) is 11.4 Å². The Balaban J connectivity index is 0.000000686. The lowest BCUT2D eigenvalue weighted by Gasteiger charge is -1.97. The summed E-state index contributed by atoms with van der Waals surface area (Å²) >= 11 is 13.0. The van der Waals surface area contributed by atoms with Crippen molar-refractivity contribution in [1.29, 1.82) is 0 Å². The smallest absolute Gasteiger partial charge is 0.152 e. The average molecular weight is 289 g/mol. The van der Waals surface area contributed by atoms with Crippen LogP contribution in [0.4, 0.5) is 0 Å². The first-order chi connectivity index (χ1) is 8.20. The average Bonchev–Trinajstić information content (AvgIpc) is 2.74. The van der Waals surface area contributed by atoms with E-state index in [-0.39, 0.29) is 11.7 Å². The number of Topliss-reactive ketones (excluding diaryl/α,β-unsaturated/α-hetero) is 1. The predicted molar refractivity (Wildman–Crippen MR) is 77.6 cm³/mol. The van der Waals surface area contributed by atoms with Crippen LogP contribution in [0.15, 0.2) is 23.6 Å². The molecule has 2 aromatic rings. The standard InChI is InChI=1S/C11H8Cl2OS.C2H6/c12-5-9(14)3-7-6-15-11-2-1-8(13)4-10(7)11;1-2/h1-2,4,6H,3,5H2;1-2H3. The summed E-state index contributed by atoms with van der Waals surface area (Å²) in [6, 6.07) is 5.72. The fraction of sp³-hybridized carbons (Fsp3) is 0.308. The normalized spacial score (nSPS) is 9.88. The Hall–Kier alpha value is -0.570. The number of benzene rings is 1. The van der Waals surface area contributed by atoms with Crippen molar-refractivity contribution in [2.24, 2.45) is 0 Å². The zero-order valence-corrected chi connectivity index (χ0v) is 12.1. The van der Waals surface area contributed by atoms with E-state index in [4.69, 9.17) is 23.2 Å². The van der Waals surface area contributed by atoms with Gasteiger partial charge in [0.15, 0.2) is 5.78 Å². The van der Waals surface area contributed by atoms with Crippen LogP contribution >= 0.6 is 34.5 Å². The van der Waals surface area contributed by atoms with Crippen LogP contribution in [0, 0.1) is 0 Å². The number of rotatable bonds is 3. The molecular weight excluding hydrogens is 275 g/mol. The van der Waals surface area contributed by atoms with Crippen molar-refractivity contribution >= 4 is 50.4 Å². The van der Waals surface area contributed by atoms with E-state index in [1.165, 1.54) is 0 Å². The van der Waals surface area contributed by atoms with Crippen LogP contribution in [0.1, 0.15) is 19.4 Å². The Labute approximate surface area is 115 Å². The third-order valence-corrected chi connectivity index (χ3v) is 3.70. The van der Waals surface area contributed by atoms with Gasteiger partial charge in [-0.3, -0.25) is 4.79 Å². The van der Waals surface area contributed by atoms with Gasteiger partial charge in [0.25, 0.3) is 0 Å². The van der Waals surface area contributed by atoms with Crippen LogP contribution in [0.3, 0.4) is 0 Å². The summed E-state index contributed by atoms with van der Waals surface area (Å²) in [6.07, 6.45) is 0.393. The highest BCUT2D eigenvalue weighted by molar-refractivity contribution is 7.17. The van der Waals surface area contributed by atoms with Crippen LogP contribution in [0.5, 0.6) is 0 Å².